The van der Waals surface area contributed by atoms with Gasteiger partial charge in [0.2, 0.25) is 0 Å². The lowest BCUT2D eigenvalue weighted by Crippen LogP contribution is -2.10. The predicted molar refractivity (Wildman–Crippen MR) is 92.7 cm³/mol. The van der Waals surface area contributed by atoms with Crippen molar-refractivity contribution < 1.29 is 4.42 Å². The smallest absolute Gasteiger partial charge is 0.131 e. The zero-order valence-corrected chi connectivity index (χ0v) is 14.6. The van der Waals surface area contributed by atoms with E-state index in [1.807, 2.05) is 42.5 Å². The maximum absolute atomic E-state index is 6.26. The molecule has 0 aliphatic heterocycles. The zero-order chi connectivity index (χ0) is 14.8. The molecule has 3 aromatic rings. The number of hydrogen-bond donors (Lipinski definition) is 1. The van der Waals surface area contributed by atoms with Crippen molar-refractivity contribution in [3.05, 3.63) is 73.2 Å². The molecule has 0 amide bonds. The minimum Gasteiger partial charge on any atom is -0.467 e. The Morgan fingerprint density at radius 1 is 1.14 bits per heavy atom. The zero-order valence-electron chi connectivity index (χ0n) is 10.6. The van der Waals surface area contributed by atoms with Crippen molar-refractivity contribution >= 4 is 56.2 Å². The first-order valence-electron chi connectivity index (χ1n) is 6.14. The first kappa shape index (κ1) is 15.0. The van der Waals surface area contributed by atoms with Gasteiger partial charge in [-0.25, -0.2) is 0 Å². The topological polar surface area (TPSA) is 25.2 Å². The first-order chi connectivity index (χ1) is 10.1. The Hall–Kier alpha value is -0.940. The van der Waals surface area contributed by atoms with E-state index in [9.17, 15) is 0 Å². The number of hydrogen-bond acceptors (Lipinski definition) is 3. The molecule has 0 spiro atoms. The van der Waals surface area contributed by atoms with E-state index in [1.165, 1.54) is 11.3 Å². The average molecular weight is 403 g/mol. The van der Waals surface area contributed by atoms with Gasteiger partial charge in [0, 0.05) is 9.35 Å². The number of halogens is 3. The van der Waals surface area contributed by atoms with Gasteiger partial charge in [-0.1, -0.05) is 39.1 Å². The Morgan fingerprint density at radius 2 is 2.00 bits per heavy atom. The number of furan rings is 1. The van der Waals surface area contributed by atoms with Crippen LogP contribution >= 0.6 is 50.5 Å². The molecule has 2 nitrogen and oxygen atoms in total. The standard InChI is InChI=1S/C15H10BrCl2NOS/c16-9-3-4-10(17)11(8-9)19-15(12-2-1-7-20-12)13-5-6-14(18)21-13/h1-8,15,19H. The van der Waals surface area contributed by atoms with Gasteiger partial charge < -0.3 is 9.73 Å². The van der Waals surface area contributed by atoms with E-state index in [0.29, 0.717) is 5.02 Å². The van der Waals surface area contributed by atoms with Gasteiger partial charge in [-0.3, -0.25) is 0 Å². The summed E-state index contributed by atoms with van der Waals surface area (Å²) in [5, 5.41) is 4.07. The molecule has 0 aliphatic carbocycles. The summed E-state index contributed by atoms with van der Waals surface area (Å²) in [6.07, 6.45) is 1.65. The van der Waals surface area contributed by atoms with Gasteiger partial charge in [0.25, 0.3) is 0 Å². The van der Waals surface area contributed by atoms with Gasteiger partial charge in [-0.15, -0.1) is 11.3 Å². The van der Waals surface area contributed by atoms with Crippen LogP contribution in [0.25, 0.3) is 0 Å². The molecule has 1 unspecified atom stereocenters. The molecule has 21 heavy (non-hydrogen) atoms. The average Bonchev–Trinajstić information content (AvgIpc) is 3.11. The highest BCUT2D eigenvalue weighted by Crippen LogP contribution is 2.36. The predicted octanol–water partition coefficient (Wildman–Crippen LogP) is 6.61. The summed E-state index contributed by atoms with van der Waals surface area (Å²) in [4.78, 5) is 1.06. The molecule has 3 rings (SSSR count). The summed E-state index contributed by atoms with van der Waals surface area (Å²) < 4.78 is 7.24. The molecular weight excluding hydrogens is 393 g/mol. The minimum absolute atomic E-state index is 0.135. The highest BCUT2D eigenvalue weighted by Gasteiger charge is 2.20. The van der Waals surface area contributed by atoms with Gasteiger partial charge in [-0.05, 0) is 42.5 Å². The van der Waals surface area contributed by atoms with Crippen LogP contribution in [0.2, 0.25) is 9.36 Å². The number of benzene rings is 1. The van der Waals surface area contributed by atoms with Crippen LogP contribution in [0.15, 0.2) is 57.6 Å². The molecule has 1 atom stereocenters. The van der Waals surface area contributed by atoms with Crippen molar-refractivity contribution in [1.82, 2.24) is 0 Å². The molecule has 1 N–H and O–H groups in total. The largest absolute Gasteiger partial charge is 0.467 e. The lowest BCUT2D eigenvalue weighted by atomic mass is 10.1. The second kappa shape index (κ2) is 6.44. The number of rotatable bonds is 4. The van der Waals surface area contributed by atoms with E-state index in [0.717, 1.165) is 25.1 Å². The van der Waals surface area contributed by atoms with Crippen LogP contribution in [0.3, 0.4) is 0 Å². The Balaban J connectivity index is 1.98. The molecule has 0 saturated carbocycles. The third-order valence-corrected chi connectivity index (χ3v) is 5.05. The van der Waals surface area contributed by atoms with Gasteiger partial charge in [0.1, 0.15) is 11.8 Å². The van der Waals surface area contributed by atoms with Crippen LogP contribution in [-0.4, -0.2) is 0 Å². The Labute approximate surface area is 144 Å². The van der Waals surface area contributed by atoms with Crippen molar-refractivity contribution in [2.45, 2.75) is 6.04 Å². The highest BCUT2D eigenvalue weighted by molar-refractivity contribution is 9.10. The van der Waals surface area contributed by atoms with Gasteiger partial charge in [-0.2, -0.15) is 0 Å². The molecule has 6 heteroatoms. The Bertz CT molecular complexity index is 742. The van der Waals surface area contributed by atoms with Gasteiger partial charge >= 0.3 is 0 Å². The fourth-order valence-corrected chi connectivity index (χ4v) is 3.64. The van der Waals surface area contributed by atoms with Crippen molar-refractivity contribution in [1.29, 1.82) is 0 Å². The maximum Gasteiger partial charge on any atom is 0.131 e. The van der Waals surface area contributed by atoms with Gasteiger partial charge in [0.05, 0.1) is 21.3 Å². The molecule has 108 valence electrons. The van der Waals surface area contributed by atoms with E-state index >= 15 is 0 Å². The van der Waals surface area contributed by atoms with Crippen LogP contribution in [-0.2, 0) is 0 Å². The molecule has 0 aliphatic rings. The molecular formula is C15H10BrCl2NOS. The SMILES string of the molecule is Clc1ccc(C(Nc2cc(Br)ccc2Cl)c2ccco2)s1. The van der Waals surface area contributed by atoms with E-state index in [2.05, 4.69) is 21.2 Å². The minimum atomic E-state index is -0.135. The highest BCUT2D eigenvalue weighted by atomic mass is 79.9. The van der Waals surface area contributed by atoms with E-state index < -0.39 is 0 Å². The molecule has 1 aromatic carbocycles. The number of nitrogens with one attached hydrogen (secondary N) is 1. The second-order valence-corrected chi connectivity index (χ2v) is 7.43. The quantitative estimate of drug-likeness (QED) is 0.530. The normalized spacial score (nSPS) is 12.3. The molecule has 2 heterocycles. The summed E-state index contributed by atoms with van der Waals surface area (Å²) in [6, 6.07) is 13.2. The van der Waals surface area contributed by atoms with Crippen LogP contribution in [0.4, 0.5) is 5.69 Å². The number of anilines is 1. The van der Waals surface area contributed by atoms with Crippen LogP contribution in [0, 0.1) is 0 Å². The number of thiophene rings is 1. The first-order valence-corrected chi connectivity index (χ1v) is 8.50. The molecule has 2 aromatic heterocycles. The summed E-state index contributed by atoms with van der Waals surface area (Å²) in [7, 11) is 0. The fourth-order valence-electron chi connectivity index (χ4n) is 1.99. The second-order valence-electron chi connectivity index (χ2n) is 4.36. The van der Waals surface area contributed by atoms with Crippen molar-refractivity contribution in [2.75, 3.05) is 5.32 Å². The van der Waals surface area contributed by atoms with Crippen LogP contribution in [0.5, 0.6) is 0 Å². The summed E-state index contributed by atoms with van der Waals surface area (Å²) >= 11 is 17.3. The van der Waals surface area contributed by atoms with E-state index in [1.54, 1.807) is 6.26 Å². The molecule has 0 saturated heterocycles. The van der Waals surface area contributed by atoms with Crippen molar-refractivity contribution in [2.24, 2.45) is 0 Å². The van der Waals surface area contributed by atoms with Gasteiger partial charge in [0.15, 0.2) is 0 Å². The fraction of sp³-hybridized carbons (Fsp3) is 0.0667. The summed E-state index contributed by atoms with van der Waals surface area (Å²) in [5.41, 5.74) is 0.831. The maximum atomic E-state index is 6.26. The van der Waals surface area contributed by atoms with Crippen molar-refractivity contribution in [3.63, 3.8) is 0 Å². The third-order valence-electron chi connectivity index (χ3n) is 2.93. The van der Waals surface area contributed by atoms with Crippen LogP contribution < -0.4 is 5.32 Å². The van der Waals surface area contributed by atoms with E-state index in [4.69, 9.17) is 27.6 Å². The van der Waals surface area contributed by atoms with Crippen LogP contribution in [0.1, 0.15) is 16.7 Å². The Kier molecular flexibility index (Phi) is 4.60. The Morgan fingerprint density at radius 3 is 2.67 bits per heavy atom. The van der Waals surface area contributed by atoms with Crippen molar-refractivity contribution in [3.8, 4) is 0 Å². The monoisotopic (exact) mass is 401 g/mol. The third kappa shape index (κ3) is 3.46. The summed E-state index contributed by atoms with van der Waals surface area (Å²) in [6.45, 7) is 0. The molecule has 0 bridgehead atoms. The lowest BCUT2D eigenvalue weighted by Gasteiger charge is -2.18. The van der Waals surface area contributed by atoms with E-state index in [-0.39, 0.29) is 6.04 Å². The lowest BCUT2D eigenvalue weighted by molar-refractivity contribution is 0.501. The molecule has 0 radical (unpaired) electrons. The summed E-state index contributed by atoms with van der Waals surface area (Å²) in [5.74, 6) is 0.810. The molecule has 0 fully saturated rings.